The molecule has 228 valence electrons. The number of benzene rings is 2. The van der Waals surface area contributed by atoms with Gasteiger partial charge in [0.2, 0.25) is 11.8 Å². The van der Waals surface area contributed by atoms with Gasteiger partial charge in [-0.1, -0.05) is 64.6 Å². The van der Waals surface area contributed by atoms with Gasteiger partial charge in [-0.2, -0.15) is 0 Å². The summed E-state index contributed by atoms with van der Waals surface area (Å²) in [5.74, 6) is -1.36. The normalized spacial score (nSPS) is 16.7. The Hall–Kier alpha value is -3.97. The first-order valence-corrected chi connectivity index (χ1v) is 16.2. The Bertz CT molecular complexity index is 1390. The Morgan fingerprint density at radius 3 is 2.67 bits per heavy atom. The van der Waals surface area contributed by atoms with Gasteiger partial charge in [-0.15, -0.1) is 0 Å². The molecule has 2 aromatic carbocycles. The van der Waals surface area contributed by atoms with Crippen LogP contribution >= 0.6 is 21.6 Å². The molecule has 1 fully saturated rings. The zero-order valence-electron chi connectivity index (χ0n) is 23.7. The fourth-order valence-corrected chi connectivity index (χ4v) is 6.91. The van der Waals surface area contributed by atoms with Crippen LogP contribution in [0.2, 0.25) is 0 Å². The molecular weight excluding hydrogens is 592 g/mol. The maximum absolute atomic E-state index is 13.0. The number of anilines is 1. The van der Waals surface area contributed by atoms with E-state index in [0.717, 1.165) is 5.56 Å². The summed E-state index contributed by atoms with van der Waals surface area (Å²) in [6.07, 6.45) is 0.600. The number of piperidine rings is 1. The summed E-state index contributed by atoms with van der Waals surface area (Å²) >= 11 is 0. The molecule has 0 aromatic heterocycles. The average Bonchev–Trinajstić information content (AvgIpc) is 3.31. The number of aliphatic carboxylic acids is 1. The third-order valence-corrected chi connectivity index (χ3v) is 9.77. The molecule has 43 heavy (non-hydrogen) atoms. The van der Waals surface area contributed by atoms with Crippen molar-refractivity contribution in [3.63, 3.8) is 0 Å². The second kappa shape index (κ2) is 15.0. The predicted octanol–water partition coefficient (Wildman–Crippen LogP) is 4.26. The van der Waals surface area contributed by atoms with E-state index in [1.807, 2.05) is 37.3 Å². The SMILES string of the molecule is C=C1CCC(N2Cc3c(NC(=O)OC[C@@H](C)SSCCC(=O)N(CC(=O)O)Cc4ccccc4)cccc3C2=O)C(=O)N1. The first-order valence-electron chi connectivity index (χ1n) is 13.8. The minimum Gasteiger partial charge on any atom is -0.480 e. The van der Waals surface area contributed by atoms with Crippen LogP contribution in [0.25, 0.3) is 0 Å². The minimum absolute atomic E-state index is 0.0802. The number of nitrogens with zero attached hydrogens (tertiary/aromatic N) is 2. The van der Waals surface area contributed by atoms with Crippen LogP contribution in [0, 0.1) is 0 Å². The molecule has 11 nitrogen and oxygen atoms in total. The van der Waals surface area contributed by atoms with Gasteiger partial charge in [-0.05, 0) is 37.5 Å². The van der Waals surface area contributed by atoms with E-state index in [4.69, 9.17) is 4.74 Å². The molecule has 0 saturated carbocycles. The predicted molar refractivity (Wildman–Crippen MR) is 165 cm³/mol. The van der Waals surface area contributed by atoms with Gasteiger partial charge in [0.1, 0.15) is 19.2 Å². The highest BCUT2D eigenvalue weighted by atomic mass is 33.1. The molecule has 0 radical (unpaired) electrons. The number of carboxylic acid groups (broad SMARTS) is 1. The van der Waals surface area contributed by atoms with Crippen LogP contribution in [0.5, 0.6) is 0 Å². The highest BCUT2D eigenvalue weighted by Gasteiger charge is 2.39. The Labute approximate surface area is 257 Å². The van der Waals surface area contributed by atoms with Crippen molar-refractivity contribution in [3.8, 4) is 0 Å². The number of hydrogen-bond donors (Lipinski definition) is 3. The van der Waals surface area contributed by atoms with Crippen LogP contribution in [0.15, 0.2) is 60.8 Å². The number of fused-ring (bicyclic) bond motifs is 1. The molecule has 2 aromatic rings. The maximum Gasteiger partial charge on any atom is 0.411 e. The molecular formula is C30H34N4O7S2. The number of amides is 4. The molecule has 13 heteroatoms. The first kappa shape index (κ1) is 32.0. The van der Waals surface area contributed by atoms with Gasteiger partial charge in [0.15, 0.2) is 0 Å². The lowest BCUT2D eigenvalue weighted by atomic mass is 10.0. The summed E-state index contributed by atoms with van der Waals surface area (Å²) < 4.78 is 5.40. The van der Waals surface area contributed by atoms with E-state index in [1.165, 1.54) is 31.4 Å². The molecule has 2 aliphatic rings. The van der Waals surface area contributed by atoms with Crippen molar-refractivity contribution in [1.29, 1.82) is 0 Å². The van der Waals surface area contributed by atoms with Gasteiger partial charge < -0.3 is 25.0 Å². The van der Waals surface area contributed by atoms with Gasteiger partial charge in [-0.25, -0.2) is 4.79 Å². The number of ether oxygens (including phenoxy) is 1. The Morgan fingerprint density at radius 1 is 1.19 bits per heavy atom. The summed E-state index contributed by atoms with van der Waals surface area (Å²) in [5.41, 5.74) is 3.02. The lowest BCUT2D eigenvalue weighted by Crippen LogP contribution is -2.49. The lowest BCUT2D eigenvalue weighted by Gasteiger charge is -2.31. The number of hydrogen-bond acceptors (Lipinski definition) is 8. The van der Waals surface area contributed by atoms with Crippen LogP contribution in [-0.4, -0.2) is 74.9 Å². The summed E-state index contributed by atoms with van der Waals surface area (Å²) in [6, 6.07) is 13.7. The number of carboxylic acids is 1. The van der Waals surface area contributed by atoms with E-state index in [-0.39, 0.29) is 55.6 Å². The summed E-state index contributed by atoms with van der Waals surface area (Å²) in [7, 11) is 2.91. The van der Waals surface area contributed by atoms with Crippen molar-refractivity contribution in [2.45, 2.75) is 50.6 Å². The maximum atomic E-state index is 13.0. The highest BCUT2D eigenvalue weighted by molar-refractivity contribution is 8.76. The van der Waals surface area contributed by atoms with Gasteiger partial charge >= 0.3 is 12.1 Å². The molecule has 0 spiro atoms. The van der Waals surface area contributed by atoms with Crippen LogP contribution in [0.1, 0.15) is 47.7 Å². The van der Waals surface area contributed by atoms with Gasteiger partial charge in [0, 0.05) is 53.0 Å². The molecule has 3 N–H and O–H groups in total. The van der Waals surface area contributed by atoms with E-state index < -0.39 is 18.1 Å². The molecule has 2 aliphatic heterocycles. The van der Waals surface area contributed by atoms with Crippen LogP contribution in [0.4, 0.5) is 10.5 Å². The third-order valence-electron chi connectivity index (χ3n) is 6.91. The number of allylic oxidation sites excluding steroid dienone is 1. The number of rotatable bonds is 13. The summed E-state index contributed by atoms with van der Waals surface area (Å²) in [5, 5.41) is 14.6. The summed E-state index contributed by atoms with van der Waals surface area (Å²) in [4.78, 5) is 64.9. The van der Waals surface area contributed by atoms with Crippen LogP contribution in [0.3, 0.4) is 0 Å². The van der Waals surface area contributed by atoms with Gasteiger partial charge in [0.25, 0.3) is 5.91 Å². The monoisotopic (exact) mass is 626 g/mol. The number of carbonyl (C=O) groups is 5. The standard InChI is InChI=1S/C30H34N4O7S2/c1-19-11-12-25(28(38)31-19)34-16-23-22(29(34)39)9-6-10-24(23)32-30(40)41-18-20(2)43-42-14-13-26(35)33(17-27(36)37)15-21-7-4-3-5-8-21/h3-10,20,25H,1,11-18H2,2H3,(H,31,38)(H,32,40)(H,36,37)/t20-,25?/m1/s1. The van der Waals surface area contributed by atoms with Crippen molar-refractivity contribution in [3.05, 3.63) is 77.5 Å². The molecule has 4 amide bonds. The van der Waals surface area contributed by atoms with E-state index in [9.17, 15) is 29.1 Å². The quantitative estimate of drug-likeness (QED) is 0.219. The highest BCUT2D eigenvalue weighted by Crippen LogP contribution is 2.33. The second-order valence-corrected chi connectivity index (χ2v) is 13.2. The zero-order valence-corrected chi connectivity index (χ0v) is 25.4. The molecule has 1 saturated heterocycles. The zero-order chi connectivity index (χ0) is 30.9. The smallest absolute Gasteiger partial charge is 0.411 e. The van der Waals surface area contributed by atoms with E-state index in [1.54, 1.807) is 18.2 Å². The molecule has 2 heterocycles. The molecule has 1 unspecified atom stereocenters. The Balaban J connectivity index is 1.20. The minimum atomic E-state index is -1.07. The molecule has 0 aliphatic carbocycles. The van der Waals surface area contributed by atoms with Gasteiger partial charge in [-0.3, -0.25) is 24.5 Å². The van der Waals surface area contributed by atoms with Crippen LogP contribution in [-0.2, 0) is 32.2 Å². The average molecular weight is 627 g/mol. The fourth-order valence-electron chi connectivity index (χ4n) is 4.80. The summed E-state index contributed by atoms with van der Waals surface area (Å²) in [6.45, 7) is 5.85. The first-order chi connectivity index (χ1) is 20.6. The topological polar surface area (TPSA) is 145 Å². The molecule has 0 bridgehead atoms. The fraction of sp³-hybridized carbons (Fsp3) is 0.367. The van der Waals surface area contributed by atoms with Crippen molar-refractivity contribution < 1.29 is 33.8 Å². The third kappa shape index (κ3) is 8.77. The molecule has 2 atom stereocenters. The van der Waals surface area contributed by atoms with Gasteiger partial charge in [0.05, 0.1) is 0 Å². The molecule has 4 rings (SSSR count). The van der Waals surface area contributed by atoms with Crippen LogP contribution < -0.4 is 10.6 Å². The second-order valence-electron chi connectivity index (χ2n) is 10.2. The largest absolute Gasteiger partial charge is 0.480 e. The van der Waals surface area contributed by atoms with Crippen molar-refractivity contribution in [1.82, 2.24) is 15.1 Å². The van der Waals surface area contributed by atoms with Crippen molar-refractivity contribution >= 4 is 57.1 Å². The van der Waals surface area contributed by atoms with Crippen molar-refractivity contribution in [2.24, 2.45) is 0 Å². The van der Waals surface area contributed by atoms with E-state index >= 15 is 0 Å². The Morgan fingerprint density at radius 2 is 1.95 bits per heavy atom. The lowest BCUT2D eigenvalue weighted by molar-refractivity contribution is -0.144. The van der Waals surface area contributed by atoms with E-state index in [0.29, 0.717) is 41.1 Å². The Kier molecular flexibility index (Phi) is 11.1. The van der Waals surface area contributed by atoms with E-state index in [2.05, 4.69) is 17.2 Å². The van der Waals surface area contributed by atoms with Crippen molar-refractivity contribution in [2.75, 3.05) is 24.2 Å². The number of carbonyl (C=O) groups excluding carboxylic acids is 4. The number of nitrogens with one attached hydrogen (secondary N) is 2.